The van der Waals surface area contributed by atoms with Crippen molar-refractivity contribution in [2.45, 2.75) is 32.3 Å². The number of unbranched alkanes of at least 4 members (excludes halogenated alkanes) is 1. The third kappa shape index (κ3) is 6.86. The van der Waals surface area contributed by atoms with Crippen LogP contribution in [0.1, 0.15) is 30.3 Å². The Morgan fingerprint density at radius 3 is 2.71 bits per heavy atom. The highest BCUT2D eigenvalue weighted by molar-refractivity contribution is 5.64. The highest BCUT2D eigenvalue weighted by Gasteiger charge is 2.19. The number of nitrogens with zero attached hydrogens (tertiary/aromatic N) is 1. The van der Waals surface area contributed by atoms with E-state index in [2.05, 4.69) is 0 Å². The van der Waals surface area contributed by atoms with Gasteiger partial charge in [-0.05, 0) is 6.42 Å². The third-order valence-corrected chi connectivity index (χ3v) is 1.81. The lowest BCUT2D eigenvalue weighted by atomic mass is 10.2. The smallest absolute Gasteiger partial charge is 0.108 e. The first-order valence-electron chi connectivity index (χ1n) is 6.23. The zero-order chi connectivity index (χ0) is 13.9. The number of likely N-dealkylation sites (N-methyl/N-ethyl adjacent to an activating group) is 1. The van der Waals surface area contributed by atoms with Crippen molar-refractivity contribution in [2.24, 2.45) is 0 Å². The second kappa shape index (κ2) is 5.98. The summed E-state index contributed by atoms with van der Waals surface area (Å²) in [5.74, 6) is -1.64. The summed E-state index contributed by atoms with van der Waals surface area (Å²) in [6.45, 7) is -0.0242. The van der Waals surface area contributed by atoms with Crippen molar-refractivity contribution >= 4 is 5.97 Å². The minimum atomic E-state index is -2.71. The number of rotatable bonds is 7. The first kappa shape index (κ1) is 8.68. The largest absolute Gasteiger partial charge is 0.550 e. The Morgan fingerprint density at radius 2 is 2.29 bits per heavy atom. The Kier molecular flexibility index (Phi) is 3.71. The quantitative estimate of drug-likeness (QED) is 0.564. The number of hydrogen-bond donors (Lipinski definition) is 1. The van der Waals surface area contributed by atoms with Crippen LogP contribution in [0, 0.1) is 0 Å². The fourth-order valence-corrected chi connectivity index (χ4v) is 1.13. The second-order valence-electron chi connectivity index (χ2n) is 3.87. The minimum Gasteiger partial charge on any atom is -0.550 e. The standard InChI is InChI=1S/C10H21NO3/c1-4-5-6-11(2,3)8-9(12)7-10(13)14/h9,12H,4-8H2,1-3H3/i8D2,9D. The number of aliphatic carboxylic acids is 1. The number of aliphatic hydroxyl groups is 1. The molecule has 0 aliphatic rings. The molecule has 4 nitrogen and oxygen atoms in total. The maximum atomic E-state index is 10.4. The van der Waals surface area contributed by atoms with Crippen LogP contribution in [0.5, 0.6) is 0 Å². The van der Waals surface area contributed by atoms with Crippen molar-refractivity contribution in [1.29, 1.82) is 0 Å². The maximum Gasteiger partial charge on any atom is 0.108 e. The summed E-state index contributed by atoms with van der Waals surface area (Å²) in [5, 5.41) is 20.1. The van der Waals surface area contributed by atoms with E-state index in [0.29, 0.717) is 6.54 Å². The zero-order valence-corrected chi connectivity index (χ0v) is 9.04. The van der Waals surface area contributed by atoms with E-state index in [-0.39, 0.29) is 4.48 Å². The highest BCUT2D eigenvalue weighted by atomic mass is 16.4. The average molecular weight is 206 g/mol. The molecule has 0 aromatic carbocycles. The number of carbonyl (C=O) groups is 1. The molecule has 4 heteroatoms. The van der Waals surface area contributed by atoms with Gasteiger partial charge in [-0.25, -0.2) is 0 Å². The monoisotopic (exact) mass is 206 g/mol. The second-order valence-corrected chi connectivity index (χ2v) is 3.87. The average Bonchev–Trinajstić information content (AvgIpc) is 2.12. The molecule has 0 heterocycles. The first-order chi connectivity index (χ1) is 7.48. The van der Waals surface area contributed by atoms with Crippen molar-refractivity contribution in [3.63, 3.8) is 0 Å². The van der Waals surface area contributed by atoms with Crippen LogP contribution in [-0.2, 0) is 4.79 Å². The number of carboxylic acid groups (broad SMARTS) is 1. The summed E-state index contributed by atoms with van der Waals surface area (Å²) < 4.78 is 22.9. The van der Waals surface area contributed by atoms with E-state index in [9.17, 15) is 15.0 Å². The molecule has 0 rings (SSSR count). The third-order valence-electron chi connectivity index (χ3n) is 1.81. The lowest BCUT2D eigenvalue weighted by Gasteiger charge is -2.31. The van der Waals surface area contributed by atoms with Gasteiger partial charge in [-0.1, -0.05) is 13.3 Å². The summed E-state index contributed by atoms with van der Waals surface area (Å²) in [6, 6.07) is 0. The van der Waals surface area contributed by atoms with Gasteiger partial charge in [0.2, 0.25) is 0 Å². The summed E-state index contributed by atoms with van der Waals surface area (Å²) in [7, 11) is 3.06. The number of carbonyl (C=O) groups excluding carboxylic acids is 1. The van der Waals surface area contributed by atoms with Crippen LogP contribution in [0.25, 0.3) is 0 Å². The SMILES string of the molecule is [2H]C(O)(CC(=O)[O-])C([2H])([2H])[N+](C)(C)CCCC. The first-order valence-corrected chi connectivity index (χ1v) is 4.73. The van der Waals surface area contributed by atoms with Crippen molar-refractivity contribution in [3.8, 4) is 0 Å². The van der Waals surface area contributed by atoms with Gasteiger partial charge in [0.15, 0.2) is 0 Å². The van der Waals surface area contributed by atoms with E-state index in [1.807, 2.05) is 6.92 Å². The molecular formula is C10H21NO3. The molecule has 0 saturated heterocycles. The Hall–Kier alpha value is -0.610. The van der Waals surface area contributed by atoms with Crippen LogP contribution >= 0.6 is 0 Å². The Balaban J connectivity index is 5.01. The fraction of sp³-hybridized carbons (Fsp3) is 0.900. The maximum absolute atomic E-state index is 10.4. The molecule has 1 N–H and O–H groups in total. The zero-order valence-electron chi connectivity index (χ0n) is 12.0. The lowest BCUT2D eigenvalue weighted by Crippen LogP contribution is -2.47. The number of quaternary nitrogens is 1. The number of carboxylic acids is 1. The van der Waals surface area contributed by atoms with Crippen LogP contribution in [0.4, 0.5) is 0 Å². The topological polar surface area (TPSA) is 60.4 Å². The summed E-state index contributed by atoms with van der Waals surface area (Å²) in [6.07, 6.45) is -2.17. The predicted octanol–water partition coefficient (Wildman–Crippen LogP) is -0.636. The summed E-state index contributed by atoms with van der Waals surface area (Å²) in [4.78, 5) is 10.4. The van der Waals surface area contributed by atoms with E-state index >= 15 is 0 Å². The van der Waals surface area contributed by atoms with Crippen LogP contribution in [0.3, 0.4) is 0 Å². The predicted molar refractivity (Wildman–Crippen MR) is 52.4 cm³/mol. The highest BCUT2D eigenvalue weighted by Crippen LogP contribution is 2.05. The van der Waals surface area contributed by atoms with Gasteiger partial charge in [-0.2, -0.15) is 0 Å². The van der Waals surface area contributed by atoms with Gasteiger partial charge < -0.3 is 19.5 Å². The molecule has 0 bridgehead atoms. The van der Waals surface area contributed by atoms with Crippen LogP contribution < -0.4 is 5.11 Å². The van der Waals surface area contributed by atoms with Gasteiger partial charge in [0, 0.05) is 12.4 Å². The Bertz CT molecular complexity index is 280. The van der Waals surface area contributed by atoms with Crippen molar-refractivity contribution in [3.05, 3.63) is 0 Å². The molecule has 0 amide bonds. The molecule has 14 heavy (non-hydrogen) atoms. The molecule has 1 unspecified atom stereocenters. The van der Waals surface area contributed by atoms with Gasteiger partial charge in [0.1, 0.15) is 12.6 Å². The van der Waals surface area contributed by atoms with Gasteiger partial charge in [-0.3, -0.25) is 0 Å². The van der Waals surface area contributed by atoms with E-state index < -0.39 is 25.0 Å². The molecular weight excluding hydrogens is 182 g/mol. The molecule has 84 valence electrons. The molecule has 0 saturated carbocycles. The Labute approximate surface area is 90.0 Å². The van der Waals surface area contributed by atoms with Gasteiger partial charge in [-0.15, -0.1) is 0 Å². The van der Waals surface area contributed by atoms with Crippen molar-refractivity contribution in [2.75, 3.05) is 27.1 Å². The molecule has 0 aromatic heterocycles. The fourth-order valence-electron chi connectivity index (χ4n) is 1.13. The van der Waals surface area contributed by atoms with Crippen LogP contribution in [-0.4, -0.2) is 48.8 Å². The van der Waals surface area contributed by atoms with E-state index in [0.717, 1.165) is 12.8 Å². The van der Waals surface area contributed by atoms with E-state index in [1.54, 1.807) is 0 Å². The summed E-state index contributed by atoms with van der Waals surface area (Å²) in [5.41, 5.74) is 0. The normalized spacial score (nSPS) is 20.4. The molecule has 0 aliphatic carbocycles. The van der Waals surface area contributed by atoms with Crippen LogP contribution in [0.15, 0.2) is 0 Å². The molecule has 0 fully saturated rings. The molecule has 0 radical (unpaired) electrons. The van der Waals surface area contributed by atoms with Crippen molar-refractivity contribution in [1.82, 2.24) is 0 Å². The lowest BCUT2D eigenvalue weighted by molar-refractivity contribution is -0.893. The molecule has 0 spiro atoms. The van der Waals surface area contributed by atoms with E-state index in [4.69, 9.17) is 4.11 Å². The van der Waals surface area contributed by atoms with Gasteiger partial charge in [0.25, 0.3) is 0 Å². The minimum absolute atomic E-state index is 0.270. The molecule has 0 aromatic rings. The summed E-state index contributed by atoms with van der Waals surface area (Å²) >= 11 is 0. The number of hydrogen-bond acceptors (Lipinski definition) is 3. The molecule has 1 atom stereocenters. The van der Waals surface area contributed by atoms with Gasteiger partial charge in [0.05, 0.1) is 24.8 Å². The van der Waals surface area contributed by atoms with Crippen LogP contribution in [0.2, 0.25) is 0 Å². The molecule has 0 aliphatic heterocycles. The van der Waals surface area contributed by atoms with Crippen molar-refractivity contribution < 1.29 is 23.6 Å². The van der Waals surface area contributed by atoms with E-state index in [1.165, 1.54) is 14.1 Å². The Morgan fingerprint density at radius 1 is 1.71 bits per heavy atom. The van der Waals surface area contributed by atoms with Gasteiger partial charge >= 0.3 is 0 Å².